The molecule has 0 unspecified atom stereocenters. The van der Waals surface area contributed by atoms with Gasteiger partial charge in [-0.2, -0.15) is 0 Å². The van der Waals surface area contributed by atoms with Crippen molar-refractivity contribution in [3.8, 4) is 0 Å². The molecule has 0 spiro atoms. The van der Waals surface area contributed by atoms with Crippen LogP contribution in [0.2, 0.25) is 0 Å². The maximum absolute atomic E-state index is 13.0. The van der Waals surface area contributed by atoms with Gasteiger partial charge in [0, 0.05) is 18.7 Å². The van der Waals surface area contributed by atoms with Crippen LogP contribution in [0.25, 0.3) is 0 Å². The van der Waals surface area contributed by atoms with Gasteiger partial charge in [0.2, 0.25) is 0 Å². The molecule has 0 aliphatic rings. The van der Waals surface area contributed by atoms with E-state index >= 15 is 0 Å². The molecule has 76 valence electrons. The van der Waals surface area contributed by atoms with Gasteiger partial charge in [-0.3, -0.25) is 0 Å². The fourth-order valence-corrected chi connectivity index (χ4v) is 0.854. The molecule has 3 nitrogen and oxygen atoms in total. The number of rotatable bonds is 2. The molecule has 1 N–H and O–H groups in total. The molecule has 1 amide bonds. The second-order valence-electron chi connectivity index (χ2n) is 2.56. The lowest BCUT2D eigenvalue weighted by Crippen LogP contribution is -2.19. The molecule has 0 saturated heterocycles. The third kappa shape index (κ3) is 2.69. The molecule has 0 saturated carbocycles. The highest BCUT2D eigenvalue weighted by Gasteiger charge is 2.05. The number of alkyl carbamates (subject to hydrolysis) is 1. The average Bonchev–Trinajstić information content (AvgIpc) is 2.16. The van der Waals surface area contributed by atoms with Crippen molar-refractivity contribution in [2.75, 3.05) is 7.05 Å². The summed E-state index contributed by atoms with van der Waals surface area (Å²) < 4.78 is 30.0. The minimum atomic E-state index is -0.728. The Morgan fingerprint density at radius 2 is 2.21 bits per heavy atom. The third-order valence-corrected chi connectivity index (χ3v) is 1.58. The molecule has 1 rings (SSSR count). The summed E-state index contributed by atoms with van der Waals surface area (Å²) in [6.07, 6.45) is -0.659. The summed E-state index contributed by atoms with van der Waals surface area (Å²) in [5.41, 5.74) is 0.134. The van der Waals surface area contributed by atoms with E-state index in [1.165, 1.54) is 13.1 Å². The number of nitrogens with one attached hydrogen (secondary N) is 1. The molecule has 0 radical (unpaired) electrons. The average molecular weight is 201 g/mol. The van der Waals surface area contributed by atoms with Gasteiger partial charge in [-0.25, -0.2) is 13.6 Å². The van der Waals surface area contributed by atoms with E-state index in [1.54, 1.807) is 0 Å². The minimum Gasteiger partial charge on any atom is -0.445 e. The number of benzene rings is 1. The summed E-state index contributed by atoms with van der Waals surface area (Å²) in [4.78, 5) is 10.6. The van der Waals surface area contributed by atoms with Gasteiger partial charge in [0.25, 0.3) is 0 Å². The number of halogens is 2. The zero-order valence-electron chi connectivity index (χ0n) is 7.51. The third-order valence-electron chi connectivity index (χ3n) is 1.58. The first kappa shape index (κ1) is 10.4. The van der Waals surface area contributed by atoms with Crippen LogP contribution in [-0.2, 0) is 11.3 Å². The standard InChI is InChI=1S/C9H9F2NO2/c1-12-9(13)14-5-6-2-3-7(10)4-8(6)11/h2-4H,5H2,1H3,(H,12,13). The number of ether oxygens (including phenoxy) is 1. The number of carbonyl (C=O) groups is 1. The lowest BCUT2D eigenvalue weighted by Gasteiger charge is -2.04. The molecule has 0 bridgehead atoms. The molecular formula is C9H9F2NO2. The van der Waals surface area contributed by atoms with Crippen LogP contribution in [-0.4, -0.2) is 13.1 Å². The summed E-state index contributed by atoms with van der Waals surface area (Å²) in [7, 11) is 1.39. The molecule has 0 atom stereocenters. The highest BCUT2D eigenvalue weighted by molar-refractivity contribution is 5.66. The van der Waals surface area contributed by atoms with Crippen molar-refractivity contribution in [3.05, 3.63) is 35.4 Å². The monoisotopic (exact) mass is 201 g/mol. The van der Waals surface area contributed by atoms with E-state index in [1.807, 2.05) is 0 Å². The van der Waals surface area contributed by atoms with Crippen LogP contribution in [0.15, 0.2) is 18.2 Å². The van der Waals surface area contributed by atoms with E-state index in [2.05, 4.69) is 10.1 Å². The van der Waals surface area contributed by atoms with Gasteiger partial charge < -0.3 is 10.1 Å². The normalized spacial score (nSPS) is 9.64. The quantitative estimate of drug-likeness (QED) is 0.792. The molecule has 0 heterocycles. The Morgan fingerprint density at radius 3 is 2.79 bits per heavy atom. The van der Waals surface area contributed by atoms with E-state index in [9.17, 15) is 13.6 Å². The molecular weight excluding hydrogens is 192 g/mol. The Labute approximate surface area is 79.7 Å². The molecule has 0 aromatic heterocycles. The van der Waals surface area contributed by atoms with Crippen molar-refractivity contribution in [1.82, 2.24) is 5.32 Å². The van der Waals surface area contributed by atoms with Gasteiger partial charge in [0.1, 0.15) is 18.2 Å². The SMILES string of the molecule is CNC(=O)OCc1ccc(F)cc1F. The van der Waals surface area contributed by atoms with E-state index in [0.29, 0.717) is 0 Å². The van der Waals surface area contributed by atoms with Gasteiger partial charge in [-0.05, 0) is 12.1 Å². The van der Waals surface area contributed by atoms with Crippen LogP contribution in [0, 0.1) is 11.6 Å². The van der Waals surface area contributed by atoms with Crippen molar-refractivity contribution in [1.29, 1.82) is 0 Å². The molecule has 1 aromatic rings. The van der Waals surface area contributed by atoms with Gasteiger partial charge in [-0.15, -0.1) is 0 Å². The minimum absolute atomic E-state index is 0.134. The second-order valence-corrected chi connectivity index (χ2v) is 2.56. The first-order valence-electron chi connectivity index (χ1n) is 3.92. The highest BCUT2D eigenvalue weighted by Crippen LogP contribution is 2.10. The zero-order chi connectivity index (χ0) is 10.6. The van der Waals surface area contributed by atoms with Crippen molar-refractivity contribution < 1.29 is 18.3 Å². The Bertz CT molecular complexity index is 342. The summed E-state index contributed by atoms with van der Waals surface area (Å²) in [5, 5.41) is 2.21. The first-order valence-corrected chi connectivity index (χ1v) is 3.92. The molecule has 0 aliphatic heterocycles. The maximum atomic E-state index is 13.0. The van der Waals surface area contributed by atoms with Crippen molar-refractivity contribution in [2.24, 2.45) is 0 Å². The Hall–Kier alpha value is -1.65. The van der Waals surface area contributed by atoms with Crippen LogP contribution >= 0.6 is 0 Å². The first-order chi connectivity index (χ1) is 6.63. The van der Waals surface area contributed by atoms with Crippen LogP contribution < -0.4 is 5.32 Å². The van der Waals surface area contributed by atoms with Crippen molar-refractivity contribution >= 4 is 6.09 Å². The van der Waals surface area contributed by atoms with Crippen molar-refractivity contribution in [3.63, 3.8) is 0 Å². The molecule has 0 aliphatic carbocycles. The Kier molecular flexibility index (Phi) is 3.39. The van der Waals surface area contributed by atoms with Crippen LogP contribution in [0.3, 0.4) is 0 Å². The van der Waals surface area contributed by atoms with Crippen LogP contribution in [0.4, 0.5) is 13.6 Å². The van der Waals surface area contributed by atoms with E-state index in [-0.39, 0.29) is 12.2 Å². The fraction of sp³-hybridized carbons (Fsp3) is 0.222. The summed E-state index contributed by atoms with van der Waals surface area (Å²) in [6, 6.07) is 3.07. The Morgan fingerprint density at radius 1 is 1.50 bits per heavy atom. The predicted octanol–water partition coefficient (Wildman–Crippen LogP) is 1.82. The summed E-state index contributed by atoms with van der Waals surface area (Å²) in [5.74, 6) is -1.39. The topological polar surface area (TPSA) is 38.3 Å². The number of hydrogen-bond acceptors (Lipinski definition) is 2. The zero-order valence-corrected chi connectivity index (χ0v) is 7.51. The van der Waals surface area contributed by atoms with Gasteiger partial charge in [-0.1, -0.05) is 0 Å². The maximum Gasteiger partial charge on any atom is 0.407 e. The second kappa shape index (κ2) is 4.55. The van der Waals surface area contributed by atoms with E-state index < -0.39 is 17.7 Å². The number of carbonyl (C=O) groups excluding carboxylic acids is 1. The molecule has 0 fully saturated rings. The van der Waals surface area contributed by atoms with Gasteiger partial charge in [0.15, 0.2) is 0 Å². The number of amides is 1. The lowest BCUT2D eigenvalue weighted by molar-refractivity contribution is 0.140. The predicted molar refractivity (Wildman–Crippen MR) is 45.6 cm³/mol. The van der Waals surface area contributed by atoms with E-state index in [4.69, 9.17) is 0 Å². The van der Waals surface area contributed by atoms with E-state index in [0.717, 1.165) is 12.1 Å². The number of hydrogen-bond donors (Lipinski definition) is 1. The molecule has 1 aromatic carbocycles. The fourth-order valence-electron chi connectivity index (χ4n) is 0.854. The highest BCUT2D eigenvalue weighted by atomic mass is 19.1. The van der Waals surface area contributed by atoms with Gasteiger partial charge >= 0.3 is 6.09 Å². The smallest absolute Gasteiger partial charge is 0.407 e. The lowest BCUT2D eigenvalue weighted by atomic mass is 10.2. The molecule has 5 heteroatoms. The summed E-state index contributed by atoms with van der Waals surface area (Å²) in [6.45, 7) is -0.216. The van der Waals surface area contributed by atoms with Gasteiger partial charge in [0.05, 0.1) is 0 Å². The molecule has 14 heavy (non-hydrogen) atoms. The van der Waals surface area contributed by atoms with Crippen molar-refractivity contribution in [2.45, 2.75) is 6.61 Å². The van der Waals surface area contributed by atoms with Crippen LogP contribution in [0.1, 0.15) is 5.56 Å². The summed E-state index contributed by atoms with van der Waals surface area (Å²) >= 11 is 0. The largest absolute Gasteiger partial charge is 0.445 e. The Balaban J connectivity index is 2.63. The van der Waals surface area contributed by atoms with Crippen LogP contribution in [0.5, 0.6) is 0 Å².